The van der Waals surface area contributed by atoms with E-state index in [1.807, 2.05) is 36.4 Å². The van der Waals surface area contributed by atoms with Gasteiger partial charge in [-0.2, -0.15) is 0 Å². The van der Waals surface area contributed by atoms with Crippen LogP contribution in [0.4, 0.5) is 21.0 Å². The molecular formula is C29H30N2O6S. The zero-order valence-electron chi connectivity index (χ0n) is 21.4. The molecule has 3 aromatic rings. The Hall–Kier alpha value is -3.98. The first-order chi connectivity index (χ1) is 18.1. The predicted molar refractivity (Wildman–Crippen MR) is 148 cm³/mol. The van der Waals surface area contributed by atoms with Crippen molar-refractivity contribution < 1.29 is 29.0 Å². The van der Waals surface area contributed by atoms with Crippen LogP contribution in [0.1, 0.15) is 44.2 Å². The maximum Gasteiger partial charge on any atom is 0.412 e. The summed E-state index contributed by atoms with van der Waals surface area (Å²) in [5.74, 6) is -0.650. The monoisotopic (exact) mass is 534 g/mol. The van der Waals surface area contributed by atoms with Crippen molar-refractivity contribution in [2.45, 2.75) is 43.6 Å². The first-order valence-corrected chi connectivity index (χ1v) is 13.2. The summed E-state index contributed by atoms with van der Waals surface area (Å²) in [4.78, 5) is 36.7. The average Bonchev–Trinajstić information content (AvgIpc) is 3.15. The number of benzene rings is 3. The Morgan fingerprint density at radius 2 is 1.42 bits per heavy atom. The largest absolute Gasteiger partial charge is 0.481 e. The standard InChI is InChI=1S/C29H30N2O6S/c1-29(2,3)37-28(35)31-19-14-18(15-20(16-19)38-13-12-26(32)33)30-27(34)36-17-25-23-10-6-4-8-21(23)22-9-5-7-11-24(22)25/h4-11,14-16,25H,12-13,17H2,1-3H3,(H,30,34)(H,31,35)(H,32,33). The Bertz CT molecular complexity index is 1310. The zero-order chi connectivity index (χ0) is 27.3. The number of carbonyl (C=O) groups is 3. The minimum absolute atomic E-state index is 0.0243. The van der Waals surface area contributed by atoms with Crippen LogP contribution < -0.4 is 10.6 Å². The fourth-order valence-corrected chi connectivity index (χ4v) is 5.19. The minimum atomic E-state index is -0.905. The van der Waals surface area contributed by atoms with Gasteiger partial charge in [0, 0.05) is 27.9 Å². The smallest absolute Gasteiger partial charge is 0.412 e. The van der Waals surface area contributed by atoms with Crippen LogP contribution in [0.25, 0.3) is 11.1 Å². The Kier molecular flexibility index (Phi) is 8.26. The molecule has 1 aliphatic carbocycles. The van der Waals surface area contributed by atoms with Gasteiger partial charge < -0.3 is 14.6 Å². The molecule has 0 saturated carbocycles. The second-order valence-electron chi connectivity index (χ2n) is 9.82. The lowest BCUT2D eigenvalue weighted by Crippen LogP contribution is -2.27. The van der Waals surface area contributed by atoms with Crippen LogP contribution in [-0.2, 0) is 14.3 Å². The predicted octanol–water partition coefficient (Wildman–Crippen LogP) is 6.96. The molecular weight excluding hydrogens is 504 g/mol. The summed E-state index contributed by atoms with van der Waals surface area (Å²) in [5, 5.41) is 14.4. The van der Waals surface area contributed by atoms with Crippen LogP contribution in [0.3, 0.4) is 0 Å². The van der Waals surface area contributed by atoms with Gasteiger partial charge in [0.05, 0.1) is 6.42 Å². The van der Waals surface area contributed by atoms with Crippen LogP contribution in [0.2, 0.25) is 0 Å². The summed E-state index contributed by atoms with van der Waals surface area (Å²) in [6.45, 7) is 5.44. The molecule has 0 spiro atoms. The number of hydrogen-bond donors (Lipinski definition) is 3. The molecule has 0 saturated heterocycles. The highest BCUT2D eigenvalue weighted by molar-refractivity contribution is 7.99. The number of carboxylic acid groups (broad SMARTS) is 1. The maximum absolute atomic E-state index is 12.8. The third kappa shape index (κ3) is 7.07. The Balaban J connectivity index is 1.46. The van der Waals surface area contributed by atoms with Crippen LogP contribution in [-0.4, -0.2) is 41.2 Å². The minimum Gasteiger partial charge on any atom is -0.481 e. The highest BCUT2D eigenvalue weighted by Crippen LogP contribution is 2.44. The first-order valence-electron chi connectivity index (χ1n) is 12.2. The number of aliphatic carboxylic acids is 1. The lowest BCUT2D eigenvalue weighted by atomic mass is 9.98. The fraction of sp³-hybridized carbons (Fsp3) is 0.276. The molecule has 0 unspecified atom stereocenters. The third-order valence-corrected chi connectivity index (χ3v) is 6.70. The van der Waals surface area contributed by atoms with Crippen molar-refractivity contribution in [3.05, 3.63) is 77.9 Å². The van der Waals surface area contributed by atoms with Crippen molar-refractivity contribution in [1.82, 2.24) is 0 Å². The molecule has 8 nitrogen and oxygen atoms in total. The maximum atomic E-state index is 12.8. The molecule has 0 aromatic heterocycles. The highest BCUT2D eigenvalue weighted by atomic mass is 32.2. The van der Waals surface area contributed by atoms with Gasteiger partial charge in [0.25, 0.3) is 0 Å². The lowest BCUT2D eigenvalue weighted by Gasteiger charge is -2.20. The van der Waals surface area contributed by atoms with Crippen molar-refractivity contribution >= 4 is 41.3 Å². The van der Waals surface area contributed by atoms with E-state index in [1.165, 1.54) is 11.8 Å². The van der Waals surface area contributed by atoms with E-state index >= 15 is 0 Å². The number of rotatable bonds is 8. The lowest BCUT2D eigenvalue weighted by molar-refractivity contribution is -0.136. The third-order valence-electron chi connectivity index (χ3n) is 5.73. The van der Waals surface area contributed by atoms with E-state index in [1.54, 1.807) is 39.0 Å². The first kappa shape index (κ1) is 27.1. The topological polar surface area (TPSA) is 114 Å². The van der Waals surface area contributed by atoms with E-state index in [-0.39, 0.29) is 18.9 Å². The molecule has 1 aliphatic rings. The van der Waals surface area contributed by atoms with Crippen LogP contribution in [0.15, 0.2) is 71.6 Å². The second kappa shape index (κ2) is 11.6. The van der Waals surface area contributed by atoms with Crippen molar-refractivity contribution in [3.8, 4) is 11.1 Å². The van der Waals surface area contributed by atoms with Crippen molar-refractivity contribution in [3.63, 3.8) is 0 Å². The molecule has 2 amide bonds. The molecule has 38 heavy (non-hydrogen) atoms. The summed E-state index contributed by atoms with van der Waals surface area (Å²) in [6.07, 6.45) is -1.30. The van der Waals surface area contributed by atoms with E-state index in [2.05, 4.69) is 22.8 Å². The van der Waals surface area contributed by atoms with Gasteiger partial charge in [-0.3, -0.25) is 15.4 Å². The van der Waals surface area contributed by atoms with Gasteiger partial charge in [-0.05, 0) is 61.2 Å². The van der Waals surface area contributed by atoms with Crippen molar-refractivity contribution in [2.24, 2.45) is 0 Å². The molecule has 0 atom stereocenters. The van der Waals surface area contributed by atoms with E-state index in [0.29, 0.717) is 22.0 Å². The summed E-state index contributed by atoms with van der Waals surface area (Å²) >= 11 is 1.30. The average molecular weight is 535 g/mol. The molecule has 198 valence electrons. The van der Waals surface area contributed by atoms with Crippen LogP contribution in [0.5, 0.6) is 0 Å². The highest BCUT2D eigenvalue weighted by Gasteiger charge is 2.29. The fourth-order valence-electron chi connectivity index (χ4n) is 4.26. The van der Waals surface area contributed by atoms with Gasteiger partial charge in [0.1, 0.15) is 12.2 Å². The van der Waals surface area contributed by atoms with Crippen molar-refractivity contribution in [2.75, 3.05) is 23.0 Å². The van der Waals surface area contributed by atoms with Gasteiger partial charge in [-0.1, -0.05) is 48.5 Å². The molecule has 0 heterocycles. The SMILES string of the molecule is CC(C)(C)OC(=O)Nc1cc(NC(=O)OCC2c3ccccc3-c3ccccc32)cc(SCCC(=O)O)c1. The Morgan fingerprint density at radius 3 is 1.97 bits per heavy atom. The number of anilines is 2. The number of ether oxygens (including phenoxy) is 2. The molecule has 0 fully saturated rings. The van der Waals surface area contributed by atoms with Crippen LogP contribution >= 0.6 is 11.8 Å². The summed E-state index contributed by atoms with van der Waals surface area (Å²) < 4.78 is 11.0. The van der Waals surface area contributed by atoms with E-state index < -0.39 is 23.8 Å². The Morgan fingerprint density at radius 1 is 0.868 bits per heavy atom. The molecule has 0 bridgehead atoms. The van der Waals surface area contributed by atoms with Crippen molar-refractivity contribution in [1.29, 1.82) is 0 Å². The Labute approximate surface area is 225 Å². The molecule has 0 radical (unpaired) electrons. The number of fused-ring (bicyclic) bond motifs is 3. The van der Waals surface area contributed by atoms with Gasteiger partial charge in [0.2, 0.25) is 0 Å². The summed E-state index contributed by atoms with van der Waals surface area (Å²) in [6, 6.07) is 21.2. The molecule has 4 rings (SSSR count). The van der Waals surface area contributed by atoms with E-state index in [4.69, 9.17) is 14.6 Å². The normalized spacial score (nSPS) is 12.3. The summed E-state index contributed by atoms with van der Waals surface area (Å²) in [7, 11) is 0. The zero-order valence-corrected chi connectivity index (χ0v) is 22.3. The molecule has 3 N–H and O–H groups in total. The van der Waals surface area contributed by atoms with E-state index in [0.717, 1.165) is 22.3 Å². The van der Waals surface area contributed by atoms with Gasteiger partial charge in [-0.15, -0.1) is 11.8 Å². The van der Waals surface area contributed by atoms with Gasteiger partial charge >= 0.3 is 18.2 Å². The molecule has 0 aliphatic heterocycles. The second-order valence-corrected chi connectivity index (χ2v) is 11.0. The summed E-state index contributed by atoms with van der Waals surface area (Å²) in [5.41, 5.74) is 4.62. The number of amides is 2. The number of thioether (sulfide) groups is 1. The number of nitrogens with one attached hydrogen (secondary N) is 2. The number of carboxylic acids is 1. The molecule has 9 heteroatoms. The molecule has 3 aromatic carbocycles. The van der Waals surface area contributed by atoms with Gasteiger partial charge in [0.15, 0.2) is 0 Å². The van der Waals surface area contributed by atoms with Crippen LogP contribution in [0, 0.1) is 0 Å². The number of hydrogen-bond acceptors (Lipinski definition) is 6. The van der Waals surface area contributed by atoms with E-state index in [9.17, 15) is 14.4 Å². The number of carbonyl (C=O) groups excluding carboxylic acids is 2. The quantitative estimate of drug-likeness (QED) is 0.268. The van der Waals surface area contributed by atoms with Gasteiger partial charge in [-0.25, -0.2) is 9.59 Å².